The van der Waals surface area contributed by atoms with E-state index in [1.807, 2.05) is 20.6 Å². The maximum atomic E-state index is 9.44. The summed E-state index contributed by atoms with van der Waals surface area (Å²) < 4.78 is 28.3. The lowest BCUT2D eigenvalue weighted by Crippen LogP contribution is -1.98. The summed E-state index contributed by atoms with van der Waals surface area (Å²) >= 11 is 0. The SMILES string of the molecule is C=O.CC.CCC[C-](CC)CC.CCC[N-]CC.CCS(=O)(=O)[O-].[OH-]. The first-order chi connectivity index (χ1) is 11.3. The van der Waals surface area contributed by atoms with Crippen LogP contribution in [0.15, 0.2) is 0 Å². The molecule has 160 valence electrons. The van der Waals surface area contributed by atoms with Crippen molar-refractivity contribution in [3.05, 3.63) is 11.2 Å². The third-order valence-electron chi connectivity index (χ3n) is 2.56. The van der Waals surface area contributed by atoms with E-state index in [1.165, 1.54) is 39.0 Å². The Morgan fingerprint density at radius 3 is 1.36 bits per heavy atom. The molecule has 0 aromatic heterocycles. The van der Waals surface area contributed by atoms with Gasteiger partial charge in [0.15, 0.2) is 0 Å². The van der Waals surface area contributed by atoms with Crippen LogP contribution in [-0.2, 0) is 14.9 Å². The fourth-order valence-electron chi connectivity index (χ4n) is 1.27. The second kappa shape index (κ2) is 38.8. The van der Waals surface area contributed by atoms with Crippen molar-refractivity contribution in [3.63, 3.8) is 0 Å². The number of hydrogen-bond donors (Lipinski definition) is 0. The normalized spacial score (nSPS) is 8.72. The van der Waals surface area contributed by atoms with Crippen molar-refractivity contribution in [3.8, 4) is 0 Å². The molecule has 0 fully saturated rings. The van der Waals surface area contributed by atoms with E-state index in [9.17, 15) is 13.0 Å². The molecule has 0 unspecified atom stereocenters. The second-order valence-electron chi connectivity index (χ2n) is 4.32. The van der Waals surface area contributed by atoms with Gasteiger partial charge < -0.3 is 26.1 Å². The standard InChI is InChI=1S/C8H17.C5H12N.C2H6O3S.C2H6.CH2O.H2O/c1-4-7-8(5-2)6-3;1-3-5-6-4-2;1-2-6(3,4)5;2*1-2;/h4-7H2,1-3H3;3-5H2,1-2H3;2H2,1H3,(H,3,4,5);1-2H3;1H2;1H2/q2*-1;;;;/p-2. The largest absolute Gasteiger partial charge is 0.870 e. The lowest BCUT2D eigenvalue weighted by atomic mass is 9.98. The zero-order valence-electron chi connectivity index (χ0n) is 17.8. The van der Waals surface area contributed by atoms with Crippen LogP contribution in [-0.4, -0.2) is 44.1 Å². The molecular formula is C18H43NO5S-4. The van der Waals surface area contributed by atoms with Gasteiger partial charge in [-0.1, -0.05) is 68.2 Å². The maximum absolute atomic E-state index is 9.44. The lowest BCUT2D eigenvalue weighted by Gasteiger charge is -2.24. The molecule has 0 aliphatic heterocycles. The molecule has 0 rings (SSSR count). The molecule has 25 heavy (non-hydrogen) atoms. The van der Waals surface area contributed by atoms with Gasteiger partial charge in [0.25, 0.3) is 0 Å². The Kier molecular flexibility index (Phi) is 61.4. The predicted octanol–water partition coefficient (Wildman–Crippen LogP) is 5.19. The van der Waals surface area contributed by atoms with Gasteiger partial charge in [-0.3, -0.25) is 0 Å². The minimum Gasteiger partial charge on any atom is -0.870 e. The molecule has 0 spiro atoms. The minimum absolute atomic E-state index is 0. The van der Waals surface area contributed by atoms with Crippen molar-refractivity contribution in [1.82, 2.24) is 0 Å². The molecule has 0 radical (unpaired) electrons. The van der Waals surface area contributed by atoms with Crippen LogP contribution >= 0.6 is 0 Å². The van der Waals surface area contributed by atoms with E-state index in [4.69, 9.17) is 4.79 Å². The van der Waals surface area contributed by atoms with Crippen molar-refractivity contribution >= 4 is 16.9 Å². The highest BCUT2D eigenvalue weighted by atomic mass is 32.2. The summed E-state index contributed by atoms with van der Waals surface area (Å²) in [5.74, 6) is 1.40. The topological polar surface area (TPSA) is 118 Å². The smallest absolute Gasteiger partial charge is 0.106 e. The van der Waals surface area contributed by atoms with Crippen molar-refractivity contribution in [1.29, 1.82) is 0 Å². The third kappa shape index (κ3) is 69.5. The molecule has 6 nitrogen and oxygen atoms in total. The molecule has 7 heteroatoms. The zero-order valence-corrected chi connectivity index (χ0v) is 18.6. The lowest BCUT2D eigenvalue weighted by molar-refractivity contribution is -0.0980. The van der Waals surface area contributed by atoms with E-state index in [1.54, 1.807) is 5.92 Å². The Hall–Kier alpha value is -0.500. The minimum atomic E-state index is -3.91. The number of hydrogen-bond acceptors (Lipinski definition) is 5. The third-order valence-corrected chi connectivity index (χ3v) is 3.27. The molecule has 0 atom stereocenters. The number of carbonyl (C=O) groups excluding carboxylic acids is 1. The summed E-state index contributed by atoms with van der Waals surface area (Å²) in [7, 11) is -3.91. The van der Waals surface area contributed by atoms with Gasteiger partial charge in [0.2, 0.25) is 0 Å². The predicted molar refractivity (Wildman–Crippen MR) is 108 cm³/mol. The van der Waals surface area contributed by atoms with Gasteiger partial charge >= 0.3 is 0 Å². The van der Waals surface area contributed by atoms with Crippen molar-refractivity contribution in [2.24, 2.45) is 0 Å². The summed E-state index contributed by atoms with van der Waals surface area (Å²) in [6.07, 6.45) is 6.41. The van der Waals surface area contributed by atoms with Gasteiger partial charge in [-0.2, -0.15) is 25.8 Å². The van der Waals surface area contributed by atoms with E-state index in [0.717, 1.165) is 13.1 Å². The van der Waals surface area contributed by atoms with Crippen LogP contribution in [0.5, 0.6) is 0 Å². The van der Waals surface area contributed by atoms with Crippen LogP contribution in [0.4, 0.5) is 0 Å². The summed E-state index contributed by atoms with van der Waals surface area (Å²) in [6, 6.07) is 0. The van der Waals surface area contributed by atoms with E-state index < -0.39 is 10.1 Å². The average molecular weight is 386 g/mol. The Morgan fingerprint density at radius 2 is 1.28 bits per heavy atom. The Labute approximate surface area is 158 Å². The van der Waals surface area contributed by atoms with Crippen molar-refractivity contribution in [2.45, 2.75) is 87.5 Å². The van der Waals surface area contributed by atoms with Crippen molar-refractivity contribution < 1.29 is 23.2 Å². The summed E-state index contributed by atoms with van der Waals surface area (Å²) in [6.45, 7) is 20.3. The molecule has 0 amide bonds. The number of carbonyl (C=O) groups is 1. The van der Waals surface area contributed by atoms with Gasteiger partial charge in [0.1, 0.15) is 6.79 Å². The van der Waals surface area contributed by atoms with Crippen LogP contribution in [0.3, 0.4) is 0 Å². The Morgan fingerprint density at radius 1 is 0.920 bits per heavy atom. The first-order valence-electron chi connectivity index (χ1n) is 9.01. The quantitative estimate of drug-likeness (QED) is 0.323. The highest BCUT2D eigenvalue weighted by Gasteiger charge is 1.83. The van der Waals surface area contributed by atoms with Crippen LogP contribution in [0.1, 0.15) is 87.5 Å². The van der Waals surface area contributed by atoms with Gasteiger partial charge in [0, 0.05) is 5.75 Å². The molecule has 0 bridgehead atoms. The molecule has 1 N–H and O–H groups in total. The molecule has 0 saturated carbocycles. The number of rotatable bonds is 8. The summed E-state index contributed by atoms with van der Waals surface area (Å²) in [4.78, 5) is 8.00. The van der Waals surface area contributed by atoms with Crippen LogP contribution in [0, 0.1) is 5.92 Å². The van der Waals surface area contributed by atoms with Gasteiger partial charge in [-0.25, -0.2) is 8.42 Å². The van der Waals surface area contributed by atoms with E-state index in [2.05, 4.69) is 39.9 Å². The Balaban J connectivity index is -0.0000000487. The molecule has 0 aromatic carbocycles. The van der Waals surface area contributed by atoms with E-state index >= 15 is 0 Å². The molecule has 0 saturated heterocycles. The zero-order chi connectivity index (χ0) is 20.4. The first-order valence-corrected chi connectivity index (χ1v) is 10.6. The molecule has 0 aliphatic rings. The fourth-order valence-corrected chi connectivity index (χ4v) is 1.27. The number of nitrogens with zero attached hydrogens (tertiary/aromatic N) is 1. The van der Waals surface area contributed by atoms with Crippen LogP contribution in [0.25, 0.3) is 5.32 Å². The highest BCUT2D eigenvalue weighted by molar-refractivity contribution is 7.85. The first kappa shape index (κ1) is 39.5. The highest BCUT2D eigenvalue weighted by Crippen LogP contribution is 2.15. The van der Waals surface area contributed by atoms with Gasteiger partial charge in [-0.15, -0.1) is 6.54 Å². The van der Waals surface area contributed by atoms with Gasteiger partial charge in [-0.05, 0) is 0 Å². The molecule has 0 heterocycles. The summed E-state index contributed by atoms with van der Waals surface area (Å²) in [5, 5.41) is 4.09. The maximum Gasteiger partial charge on any atom is 0.106 e. The van der Waals surface area contributed by atoms with E-state index in [-0.39, 0.29) is 11.2 Å². The van der Waals surface area contributed by atoms with Crippen LogP contribution < -0.4 is 0 Å². The fraction of sp³-hybridized carbons (Fsp3) is 0.889. The van der Waals surface area contributed by atoms with Crippen molar-refractivity contribution in [2.75, 3.05) is 18.8 Å². The molecule has 0 aromatic rings. The van der Waals surface area contributed by atoms with Crippen LogP contribution in [0.2, 0.25) is 0 Å². The average Bonchev–Trinajstić information content (AvgIpc) is 2.61. The molecule has 0 aliphatic carbocycles. The Bertz CT molecular complexity index is 265. The van der Waals surface area contributed by atoms with Gasteiger partial charge in [0.05, 0.1) is 10.1 Å². The van der Waals surface area contributed by atoms with E-state index in [0.29, 0.717) is 0 Å². The summed E-state index contributed by atoms with van der Waals surface area (Å²) in [5.41, 5.74) is 0. The monoisotopic (exact) mass is 385 g/mol. The molecular weight excluding hydrogens is 342 g/mol. The second-order valence-corrected chi connectivity index (χ2v) is 6.01.